The molecule has 0 saturated carbocycles. The van der Waals surface area contributed by atoms with Crippen LogP contribution in [0.4, 0.5) is 0 Å². The van der Waals surface area contributed by atoms with Crippen LogP contribution in [-0.4, -0.2) is 19.9 Å². The lowest BCUT2D eigenvalue weighted by Crippen LogP contribution is -1.98. The van der Waals surface area contributed by atoms with E-state index in [0.717, 1.165) is 18.4 Å². The van der Waals surface area contributed by atoms with Crippen LogP contribution < -0.4 is 11.5 Å². The molecule has 0 heterocycles. The minimum atomic E-state index is 0. The van der Waals surface area contributed by atoms with Crippen molar-refractivity contribution >= 4 is 5.78 Å². The first kappa shape index (κ1) is 20.0. The molecule has 0 amide bonds. The summed E-state index contributed by atoms with van der Waals surface area (Å²) in [6.07, 6.45) is 2.46. The number of hydrogen-bond acceptors (Lipinski definition) is 3. The van der Waals surface area contributed by atoms with Crippen LogP contribution in [0.15, 0.2) is 54.6 Å². The number of ketones is 1. The van der Waals surface area contributed by atoms with E-state index in [4.69, 9.17) is 0 Å². The Labute approximate surface area is 134 Å². The fourth-order valence-electron chi connectivity index (χ4n) is 2.01. The van der Waals surface area contributed by atoms with Gasteiger partial charge in [0.25, 0.3) is 0 Å². The van der Waals surface area contributed by atoms with Gasteiger partial charge in [0.15, 0.2) is 5.78 Å². The number of nitrogens with one attached hydrogen (secondary N) is 1. The fraction of sp³-hybridized carbons (Fsp3) is 0.316. The summed E-state index contributed by atoms with van der Waals surface area (Å²) in [5, 5.41) is 2.75. The molecule has 0 bridgehead atoms. The van der Waals surface area contributed by atoms with Gasteiger partial charge in [0.2, 0.25) is 0 Å². The largest absolute Gasteiger partial charge is 0.344 e. The van der Waals surface area contributed by atoms with Gasteiger partial charge in [-0.3, -0.25) is 4.79 Å². The van der Waals surface area contributed by atoms with E-state index in [0.29, 0.717) is 6.42 Å². The van der Waals surface area contributed by atoms with Gasteiger partial charge in [0.05, 0.1) is 0 Å². The molecule has 120 valence electrons. The highest BCUT2D eigenvalue weighted by atomic mass is 16.1. The molecule has 0 aliphatic carbocycles. The van der Waals surface area contributed by atoms with Crippen molar-refractivity contribution in [1.82, 2.24) is 11.5 Å². The zero-order chi connectivity index (χ0) is 15.5. The summed E-state index contributed by atoms with van der Waals surface area (Å²) in [6.45, 7) is 2.03. The van der Waals surface area contributed by atoms with Crippen molar-refractivity contribution < 1.29 is 4.79 Å². The third-order valence-electron chi connectivity index (χ3n) is 3.00. The molecule has 0 aromatic heterocycles. The van der Waals surface area contributed by atoms with Crippen LogP contribution >= 0.6 is 0 Å². The van der Waals surface area contributed by atoms with Crippen molar-refractivity contribution in [2.45, 2.75) is 26.2 Å². The number of carbonyl (C=O) groups excluding carboxylic acids is 1. The molecule has 2 rings (SSSR count). The monoisotopic (exact) mass is 300 g/mol. The van der Waals surface area contributed by atoms with E-state index < -0.39 is 0 Å². The molecule has 22 heavy (non-hydrogen) atoms. The highest BCUT2D eigenvalue weighted by Gasteiger charge is 2.04. The Kier molecular flexibility index (Phi) is 10.6. The number of Topliss-reactive ketones (excluding diaryl/α,β-unsaturated/α-hetero) is 1. The summed E-state index contributed by atoms with van der Waals surface area (Å²) in [5.74, 6) is 0.240. The quantitative estimate of drug-likeness (QED) is 0.811. The number of rotatable bonds is 5. The molecule has 0 saturated heterocycles. The summed E-state index contributed by atoms with van der Waals surface area (Å²) < 4.78 is 0. The highest BCUT2D eigenvalue weighted by molar-refractivity contribution is 5.96. The normalized spacial score (nSPS) is 9.23. The van der Waals surface area contributed by atoms with Gasteiger partial charge in [-0.2, -0.15) is 0 Å². The molecule has 0 unspecified atom stereocenters. The maximum absolute atomic E-state index is 11.7. The molecule has 0 radical (unpaired) electrons. The summed E-state index contributed by atoms with van der Waals surface area (Å²) in [7, 11) is 3.75. The summed E-state index contributed by atoms with van der Waals surface area (Å²) in [6, 6.07) is 18.4. The lowest BCUT2D eigenvalue weighted by atomic mass is 10.0. The standard InChI is InChI=1S/C17H18O.C2H7N.H3N/c1-2-6-17(18)16-11-9-15(10-12-16)13-14-7-4-3-5-8-14;1-3-2;/h3-5,7-12H,2,6,13H2,1H3;3H,1-2H3;1H3. The van der Waals surface area contributed by atoms with E-state index in [-0.39, 0.29) is 11.9 Å². The van der Waals surface area contributed by atoms with Crippen molar-refractivity contribution in [3.05, 3.63) is 71.3 Å². The van der Waals surface area contributed by atoms with Gasteiger partial charge in [-0.15, -0.1) is 0 Å². The van der Waals surface area contributed by atoms with Crippen LogP contribution in [0.3, 0.4) is 0 Å². The minimum absolute atomic E-state index is 0. The highest BCUT2D eigenvalue weighted by Crippen LogP contribution is 2.12. The molecule has 3 heteroatoms. The maximum Gasteiger partial charge on any atom is 0.162 e. The molecular weight excluding hydrogens is 272 g/mol. The van der Waals surface area contributed by atoms with Crippen LogP contribution in [0.1, 0.15) is 41.3 Å². The van der Waals surface area contributed by atoms with Crippen molar-refractivity contribution in [3.63, 3.8) is 0 Å². The second-order valence-electron chi connectivity index (χ2n) is 5.03. The van der Waals surface area contributed by atoms with Crippen molar-refractivity contribution in [2.75, 3.05) is 14.1 Å². The second-order valence-corrected chi connectivity index (χ2v) is 5.03. The average molecular weight is 300 g/mol. The van der Waals surface area contributed by atoms with Gasteiger partial charge < -0.3 is 11.5 Å². The molecule has 0 fully saturated rings. The summed E-state index contributed by atoms with van der Waals surface area (Å²) in [5.41, 5.74) is 3.37. The Hall–Kier alpha value is -1.97. The molecule has 3 nitrogen and oxygen atoms in total. The number of hydrogen-bond donors (Lipinski definition) is 2. The molecule has 2 aromatic rings. The van der Waals surface area contributed by atoms with Crippen LogP contribution in [0.25, 0.3) is 0 Å². The second kappa shape index (κ2) is 11.7. The van der Waals surface area contributed by atoms with Gasteiger partial charge in [-0.25, -0.2) is 0 Å². The summed E-state index contributed by atoms with van der Waals surface area (Å²) >= 11 is 0. The van der Waals surface area contributed by atoms with E-state index >= 15 is 0 Å². The van der Waals surface area contributed by atoms with E-state index in [1.165, 1.54) is 11.1 Å². The van der Waals surface area contributed by atoms with Gasteiger partial charge in [-0.1, -0.05) is 61.5 Å². The van der Waals surface area contributed by atoms with Gasteiger partial charge in [0, 0.05) is 12.0 Å². The van der Waals surface area contributed by atoms with Gasteiger partial charge in [0.1, 0.15) is 0 Å². The molecule has 0 atom stereocenters. The topological polar surface area (TPSA) is 64.1 Å². The summed E-state index contributed by atoms with van der Waals surface area (Å²) in [4.78, 5) is 11.7. The predicted octanol–water partition coefficient (Wildman–Crippen LogP) is 4.26. The minimum Gasteiger partial charge on any atom is -0.344 e. The van der Waals surface area contributed by atoms with Gasteiger partial charge >= 0.3 is 0 Å². The van der Waals surface area contributed by atoms with Crippen LogP contribution in [0.5, 0.6) is 0 Å². The first-order chi connectivity index (χ1) is 10.2. The van der Waals surface area contributed by atoms with E-state index in [1.807, 2.05) is 39.2 Å². The zero-order valence-electron chi connectivity index (χ0n) is 13.9. The number of carbonyl (C=O) groups is 1. The third kappa shape index (κ3) is 7.16. The van der Waals surface area contributed by atoms with Gasteiger partial charge in [-0.05, 0) is 38.1 Å². The third-order valence-corrected chi connectivity index (χ3v) is 3.00. The van der Waals surface area contributed by atoms with E-state index in [9.17, 15) is 4.79 Å². The van der Waals surface area contributed by atoms with Crippen molar-refractivity contribution in [3.8, 4) is 0 Å². The first-order valence-electron chi connectivity index (χ1n) is 7.45. The Balaban J connectivity index is 0.00000102. The molecular formula is C19H28N2O. The van der Waals surface area contributed by atoms with Crippen LogP contribution in [-0.2, 0) is 6.42 Å². The van der Waals surface area contributed by atoms with Crippen LogP contribution in [0, 0.1) is 0 Å². The Morgan fingerprint density at radius 3 is 1.91 bits per heavy atom. The smallest absolute Gasteiger partial charge is 0.162 e. The molecule has 0 spiro atoms. The SMILES string of the molecule is CCCC(=O)c1ccc(Cc2ccccc2)cc1.CNC.N. The fourth-order valence-corrected chi connectivity index (χ4v) is 2.01. The predicted molar refractivity (Wildman–Crippen MR) is 94.9 cm³/mol. The van der Waals surface area contributed by atoms with E-state index in [2.05, 4.69) is 41.7 Å². The molecule has 0 aliphatic rings. The lowest BCUT2D eigenvalue weighted by molar-refractivity contribution is 0.0982. The zero-order valence-corrected chi connectivity index (χ0v) is 13.9. The van der Waals surface area contributed by atoms with Crippen LogP contribution in [0.2, 0.25) is 0 Å². The lowest BCUT2D eigenvalue weighted by Gasteiger charge is -2.03. The molecule has 2 aromatic carbocycles. The van der Waals surface area contributed by atoms with Crippen molar-refractivity contribution in [1.29, 1.82) is 0 Å². The maximum atomic E-state index is 11.7. The van der Waals surface area contributed by atoms with E-state index in [1.54, 1.807) is 0 Å². The molecule has 0 aliphatic heterocycles. The number of benzene rings is 2. The average Bonchev–Trinajstić information content (AvgIpc) is 2.50. The Morgan fingerprint density at radius 2 is 1.41 bits per heavy atom. The van der Waals surface area contributed by atoms with Crippen molar-refractivity contribution in [2.24, 2.45) is 0 Å². The molecule has 4 N–H and O–H groups in total. The first-order valence-corrected chi connectivity index (χ1v) is 7.45. The Morgan fingerprint density at radius 1 is 0.909 bits per heavy atom. The Bertz CT molecular complexity index is 521.